The van der Waals surface area contributed by atoms with Gasteiger partial charge in [-0.1, -0.05) is 6.07 Å². The summed E-state index contributed by atoms with van der Waals surface area (Å²) in [6.07, 6.45) is 2.54. The number of H-pyrrole nitrogens is 1. The van der Waals surface area contributed by atoms with Gasteiger partial charge in [-0.2, -0.15) is 0 Å². The Morgan fingerprint density at radius 1 is 1.14 bits per heavy atom. The van der Waals surface area contributed by atoms with Gasteiger partial charge < -0.3 is 19.5 Å². The van der Waals surface area contributed by atoms with Crippen molar-refractivity contribution in [2.75, 3.05) is 38.2 Å². The topological polar surface area (TPSA) is 78.5 Å². The summed E-state index contributed by atoms with van der Waals surface area (Å²) in [6, 6.07) is 13.3. The second-order valence-corrected chi connectivity index (χ2v) is 7.13. The molecule has 0 aliphatic carbocycles. The number of aromatic amines is 1. The summed E-state index contributed by atoms with van der Waals surface area (Å²) in [7, 11) is 1.59. The minimum Gasteiger partial charge on any atom is -0.497 e. The number of pyridine rings is 2. The number of nitrogens with one attached hydrogen (secondary N) is 1. The molecule has 7 heteroatoms. The Labute approximate surface area is 168 Å². The van der Waals surface area contributed by atoms with Gasteiger partial charge in [0.15, 0.2) is 0 Å². The maximum absolute atomic E-state index is 12.6. The normalized spacial score (nSPS) is 14.2. The maximum Gasteiger partial charge on any atom is 0.251 e. The summed E-state index contributed by atoms with van der Waals surface area (Å²) in [5.41, 5.74) is 1.21. The second-order valence-electron chi connectivity index (χ2n) is 7.13. The summed E-state index contributed by atoms with van der Waals surface area (Å²) in [5.74, 6) is 1.72. The van der Waals surface area contributed by atoms with Crippen LogP contribution in [-0.2, 0) is 11.2 Å². The predicted octanol–water partition coefficient (Wildman–Crippen LogP) is 2.21. The van der Waals surface area contributed by atoms with Crippen LogP contribution in [-0.4, -0.2) is 54.1 Å². The number of carbonyl (C=O) groups is 1. The van der Waals surface area contributed by atoms with Crippen molar-refractivity contribution in [3.63, 3.8) is 0 Å². The van der Waals surface area contributed by atoms with Gasteiger partial charge in [-0.15, -0.1) is 0 Å². The zero-order valence-electron chi connectivity index (χ0n) is 16.4. The van der Waals surface area contributed by atoms with Gasteiger partial charge in [0, 0.05) is 50.4 Å². The minimum atomic E-state index is -0.154. The highest BCUT2D eigenvalue weighted by atomic mass is 16.5. The van der Waals surface area contributed by atoms with Crippen LogP contribution in [0, 0.1) is 0 Å². The molecule has 0 unspecified atom stereocenters. The van der Waals surface area contributed by atoms with Crippen molar-refractivity contribution < 1.29 is 9.53 Å². The van der Waals surface area contributed by atoms with E-state index >= 15 is 0 Å². The molecule has 3 heterocycles. The number of aryl methyl sites for hydroxylation is 1. The fourth-order valence-electron chi connectivity index (χ4n) is 3.66. The molecule has 4 rings (SSSR count). The third-order valence-corrected chi connectivity index (χ3v) is 5.34. The second kappa shape index (κ2) is 8.34. The summed E-state index contributed by atoms with van der Waals surface area (Å²) in [6.45, 7) is 2.87. The highest BCUT2D eigenvalue weighted by molar-refractivity contribution is 5.81. The van der Waals surface area contributed by atoms with Crippen LogP contribution < -0.4 is 15.2 Å². The van der Waals surface area contributed by atoms with E-state index in [1.807, 2.05) is 41.3 Å². The zero-order valence-corrected chi connectivity index (χ0v) is 16.4. The first-order valence-corrected chi connectivity index (χ1v) is 9.78. The van der Waals surface area contributed by atoms with E-state index < -0.39 is 0 Å². The van der Waals surface area contributed by atoms with Crippen LogP contribution in [0.4, 0.5) is 5.82 Å². The molecule has 0 radical (unpaired) electrons. The summed E-state index contributed by atoms with van der Waals surface area (Å²) >= 11 is 0. The largest absolute Gasteiger partial charge is 0.497 e. The number of nitrogens with zero attached hydrogens (tertiary/aromatic N) is 3. The van der Waals surface area contributed by atoms with Crippen molar-refractivity contribution in [3.05, 3.63) is 64.6 Å². The van der Waals surface area contributed by atoms with Crippen LogP contribution in [0.2, 0.25) is 0 Å². The molecule has 0 spiro atoms. The molecule has 1 aliphatic rings. The molecule has 7 nitrogen and oxygen atoms in total. The molecule has 1 amide bonds. The number of benzene rings is 1. The van der Waals surface area contributed by atoms with Crippen LogP contribution in [0.25, 0.3) is 10.9 Å². The number of hydrogen-bond donors (Lipinski definition) is 1. The number of aromatic nitrogens is 2. The van der Waals surface area contributed by atoms with Gasteiger partial charge >= 0.3 is 0 Å². The van der Waals surface area contributed by atoms with Crippen LogP contribution in [0.5, 0.6) is 5.75 Å². The molecule has 0 saturated carbocycles. The first-order valence-electron chi connectivity index (χ1n) is 9.78. The van der Waals surface area contributed by atoms with E-state index in [1.165, 1.54) is 0 Å². The van der Waals surface area contributed by atoms with Crippen LogP contribution in [0.15, 0.2) is 53.5 Å². The van der Waals surface area contributed by atoms with Gasteiger partial charge in [-0.3, -0.25) is 9.59 Å². The smallest absolute Gasteiger partial charge is 0.251 e. The lowest BCUT2D eigenvalue weighted by Gasteiger charge is -2.35. The molecule has 2 aromatic heterocycles. The molecule has 0 bridgehead atoms. The summed E-state index contributed by atoms with van der Waals surface area (Å²) in [5, 5.41) is 0.928. The molecular weight excluding hydrogens is 368 g/mol. The van der Waals surface area contributed by atoms with E-state index in [0.717, 1.165) is 29.8 Å². The van der Waals surface area contributed by atoms with Crippen LogP contribution in [0.3, 0.4) is 0 Å². The number of hydrogen-bond acceptors (Lipinski definition) is 5. The van der Waals surface area contributed by atoms with Gasteiger partial charge in [-0.25, -0.2) is 4.98 Å². The van der Waals surface area contributed by atoms with Crippen molar-refractivity contribution in [2.45, 2.75) is 12.8 Å². The molecule has 1 fully saturated rings. The lowest BCUT2D eigenvalue weighted by molar-refractivity contribution is -0.131. The standard InChI is InChI=1S/C22H24N4O3/c1-29-18-7-5-16-14-17(22(28)24-19(16)15-18)6-8-21(27)26-12-10-25(11-13-26)20-4-2-3-9-23-20/h2-5,7,9,14-15H,6,8,10-13H2,1H3,(H,24,28). The Kier molecular flexibility index (Phi) is 5.46. The maximum atomic E-state index is 12.6. The average Bonchev–Trinajstić information content (AvgIpc) is 2.77. The van der Waals surface area contributed by atoms with Crippen molar-refractivity contribution in [3.8, 4) is 5.75 Å². The molecule has 0 atom stereocenters. The fourth-order valence-corrected chi connectivity index (χ4v) is 3.66. The van der Waals surface area contributed by atoms with E-state index in [1.54, 1.807) is 19.4 Å². The Bertz CT molecular complexity index is 1060. The Balaban J connectivity index is 1.36. The number of ether oxygens (including phenoxy) is 1. The zero-order chi connectivity index (χ0) is 20.2. The van der Waals surface area contributed by atoms with E-state index in [0.29, 0.717) is 37.2 Å². The number of methoxy groups -OCH3 is 1. The lowest BCUT2D eigenvalue weighted by atomic mass is 10.1. The number of amides is 1. The lowest BCUT2D eigenvalue weighted by Crippen LogP contribution is -2.49. The van der Waals surface area contributed by atoms with E-state index in [9.17, 15) is 9.59 Å². The van der Waals surface area contributed by atoms with Gasteiger partial charge in [0.05, 0.1) is 12.6 Å². The number of anilines is 1. The summed E-state index contributed by atoms with van der Waals surface area (Å²) < 4.78 is 5.19. The molecule has 1 N–H and O–H groups in total. The van der Waals surface area contributed by atoms with Gasteiger partial charge in [0.1, 0.15) is 11.6 Å². The van der Waals surface area contributed by atoms with Crippen molar-refractivity contribution in [1.29, 1.82) is 0 Å². The summed E-state index contributed by atoms with van der Waals surface area (Å²) in [4.78, 5) is 36.3. The highest BCUT2D eigenvalue weighted by Gasteiger charge is 2.21. The monoisotopic (exact) mass is 392 g/mol. The molecular formula is C22H24N4O3. The number of piperazine rings is 1. The molecule has 1 aliphatic heterocycles. The predicted molar refractivity (Wildman–Crippen MR) is 112 cm³/mol. The molecule has 1 aromatic carbocycles. The Morgan fingerprint density at radius 2 is 1.97 bits per heavy atom. The van der Waals surface area contributed by atoms with Crippen molar-refractivity contribution in [1.82, 2.24) is 14.9 Å². The number of fused-ring (bicyclic) bond motifs is 1. The average molecular weight is 392 g/mol. The van der Waals surface area contributed by atoms with Crippen molar-refractivity contribution >= 4 is 22.6 Å². The fraction of sp³-hybridized carbons (Fsp3) is 0.318. The van der Waals surface area contributed by atoms with E-state index in [4.69, 9.17) is 4.74 Å². The molecule has 29 heavy (non-hydrogen) atoms. The Hall–Kier alpha value is -3.35. The van der Waals surface area contributed by atoms with Crippen molar-refractivity contribution in [2.24, 2.45) is 0 Å². The minimum absolute atomic E-state index is 0.0832. The van der Waals surface area contributed by atoms with Gasteiger partial charge in [0.25, 0.3) is 5.56 Å². The molecule has 1 saturated heterocycles. The van der Waals surface area contributed by atoms with Crippen LogP contribution >= 0.6 is 0 Å². The third kappa shape index (κ3) is 4.23. The highest BCUT2D eigenvalue weighted by Crippen LogP contribution is 2.19. The quantitative estimate of drug-likeness (QED) is 0.720. The Morgan fingerprint density at radius 3 is 2.69 bits per heavy atom. The SMILES string of the molecule is COc1ccc2cc(CCC(=O)N3CCN(c4ccccn4)CC3)c(=O)[nH]c2c1. The third-order valence-electron chi connectivity index (χ3n) is 5.34. The first-order chi connectivity index (χ1) is 14.1. The van der Waals surface area contributed by atoms with E-state index in [-0.39, 0.29) is 11.5 Å². The number of carbonyl (C=O) groups excluding carboxylic acids is 1. The number of rotatable bonds is 5. The van der Waals surface area contributed by atoms with Gasteiger partial charge in [0.2, 0.25) is 5.91 Å². The van der Waals surface area contributed by atoms with Crippen LogP contribution in [0.1, 0.15) is 12.0 Å². The van der Waals surface area contributed by atoms with Gasteiger partial charge in [-0.05, 0) is 42.1 Å². The molecule has 3 aromatic rings. The first kappa shape index (κ1) is 19.0. The molecule has 150 valence electrons. The van der Waals surface area contributed by atoms with E-state index in [2.05, 4.69) is 14.9 Å².